The summed E-state index contributed by atoms with van der Waals surface area (Å²) >= 11 is 0. The molecule has 2 fully saturated rings. The van der Waals surface area contributed by atoms with Crippen LogP contribution in [0.5, 0.6) is 0 Å². The summed E-state index contributed by atoms with van der Waals surface area (Å²) in [6, 6.07) is 10.5. The molecule has 3 heterocycles. The zero-order valence-electron chi connectivity index (χ0n) is 13.1. The van der Waals surface area contributed by atoms with Crippen LogP contribution >= 0.6 is 0 Å². The van der Waals surface area contributed by atoms with Gasteiger partial charge in [0.15, 0.2) is 5.76 Å². The Morgan fingerprint density at radius 3 is 2.91 bits per heavy atom. The van der Waals surface area contributed by atoms with Gasteiger partial charge in [0.2, 0.25) is 0 Å². The molecule has 0 bridgehead atoms. The molecule has 0 radical (unpaired) electrons. The van der Waals surface area contributed by atoms with Crippen LogP contribution in [0, 0.1) is 18.8 Å². The van der Waals surface area contributed by atoms with Gasteiger partial charge in [-0.25, -0.2) is 0 Å². The Morgan fingerprint density at radius 1 is 1.23 bits per heavy atom. The van der Waals surface area contributed by atoms with Crippen LogP contribution in [0.3, 0.4) is 0 Å². The van der Waals surface area contributed by atoms with Gasteiger partial charge in [0, 0.05) is 18.2 Å². The van der Waals surface area contributed by atoms with Gasteiger partial charge in [-0.05, 0) is 44.8 Å². The summed E-state index contributed by atoms with van der Waals surface area (Å²) in [7, 11) is 0. The molecule has 116 valence electrons. The molecule has 2 aromatic rings. The van der Waals surface area contributed by atoms with Crippen molar-refractivity contribution in [1.82, 2.24) is 15.4 Å². The number of likely N-dealkylation sites (tertiary alicyclic amines) is 1. The van der Waals surface area contributed by atoms with Gasteiger partial charge < -0.3 is 9.84 Å². The van der Waals surface area contributed by atoms with Crippen molar-refractivity contribution in [3.05, 3.63) is 41.7 Å². The van der Waals surface area contributed by atoms with E-state index >= 15 is 0 Å². The van der Waals surface area contributed by atoms with E-state index in [0.29, 0.717) is 0 Å². The summed E-state index contributed by atoms with van der Waals surface area (Å²) in [5.74, 6) is 2.67. The number of benzene rings is 1. The van der Waals surface area contributed by atoms with Crippen LogP contribution in [0.25, 0.3) is 11.3 Å². The second kappa shape index (κ2) is 5.86. The topological polar surface area (TPSA) is 41.3 Å². The number of hydrogen-bond acceptors (Lipinski definition) is 4. The van der Waals surface area contributed by atoms with Crippen molar-refractivity contribution in [2.45, 2.75) is 19.9 Å². The van der Waals surface area contributed by atoms with E-state index in [4.69, 9.17) is 4.52 Å². The molecule has 4 nitrogen and oxygen atoms in total. The van der Waals surface area contributed by atoms with E-state index in [9.17, 15) is 0 Å². The molecule has 1 aromatic heterocycles. The fourth-order valence-corrected chi connectivity index (χ4v) is 3.72. The quantitative estimate of drug-likeness (QED) is 0.946. The Morgan fingerprint density at radius 2 is 2.05 bits per heavy atom. The number of piperidine rings is 1. The van der Waals surface area contributed by atoms with Gasteiger partial charge in [0.25, 0.3) is 0 Å². The molecule has 0 aliphatic carbocycles. The Balaban J connectivity index is 1.42. The first-order valence-electron chi connectivity index (χ1n) is 8.23. The number of rotatable bonds is 3. The highest BCUT2D eigenvalue weighted by Crippen LogP contribution is 2.28. The fourth-order valence-electron chi connectivity index (χ4n) is 3.72. The molecule has 2 aliphatic heterocycles. The number of aryl methyl sites for hydroxylation is 1. The first-order valence-corrected chi connectivity index (χ1v) is 8.23. The van der Waals surface area contributed by atoms with Gasteiger partial charge in [-0.15, -0.1) is 0 Å². The minimum absolute atomic E-state index is 0.813. The Bertz CT molecular complexity index is 634. The van der Waals surface area contributed by atoms with Crippen molar-refractivity contribution >= 4 is 0 Å². The standard InChI is InChI=1S/C18H23N3O/c1-13-2-4-14(5-3-13)18-8-17(22-20-18)12-21-7-6-15-9-19-10-16(15)11-21/h2-5,8,15-16,19H,6-7,9-12H2,1H3. The van der Waals surface area contributed by atoms with E-state index in [1.807, 2.05) is 0 Å². The lowest BCUT2D eigenvalue weighted by Crippen LogP contribution is -2.39. The van der Waals surface area contributed by atoms with Crippen LogP contribution in [0.1, 0.15) is 17.7 Å². The first kappa shape index (κ1) is 14.0. The maximum atomic E-state index is 5.56. The second-order valence-corrected chi connectivity index (χ2v) is 6.75. The summed E-state index contributed by atoms with van der Waals surface area (Å²) in [5, 5.41) is 7.75. The molecule has 0 saturated carbocycles. The molecule has 0 amide bonds. The summed E-state index contributed by atoms with van der Waals surface area (Å²) in [6.07, 6.45) is 1.30. The van der Waals surface area contributed by atoms with E-state index < -0.39 is 0 Å². The minimum atomic E-state index is 0.813. The maximum absolute atomic E-state index is 5.56. The van der Waals surface area contributed by atoms with E-state index in [2.05, 4.69) is 52.6 Å². The average Bonchev–Trinajstić information content (AvgIpc) is 3.17. The van der Waals surface area contributed by atoms with E-state index in [0.717, 1.165) is 35.4 Å². The number of fused-ring (bicyclic) bond motifs is 1. The second-order valence-electron chi connectivity index (χ2n) is 6.75. The zero-order chi connectivity index (χ0) is 14.9. The van der Waals surface area contributed by atoms with Gasteiger partial charge in [-0.1, -0.05) is 35.0 Å². The number of nitrogens with zero attached hydrogens (tertiary/aromatic N) is 2. The number of nitrogens with one attached hydrogen (secondary N) is 1. The lowest BCUT2D eigenvalue weighted by atomic mass is 9.89. The average molecular weight is 297 g/mol. The van der Waals surface area contributed by atoms with E-state index in [-0.39, 0.29) is 0 Å². The number of aromatic nitrogens is 1. The third kappa shape index (κ3) is 2.81. The molecule has 2 atom stereocenters. The molecule has 0 spiro atoms. The van der Waals surface area contributed by atoms with Crippen molar-refractivity contribution in [2.75, 3.05) is 26.2 Å². The van der Waals surface area contributed by atoms with Crippen LogP contribution in [0.4, 0.5) is 0 Å². The molecular formula is C18H23N3O. The maximum Gasteiger partial charge on any atom is 0.151 e. The predicted molar refractivity (Wildman–Crippen MR) is 86.4 cm³/mol. The minimum Gasteiger partial charge on any atom is -0.359 e. The van der Waals surface area contributed by atoms with Crippen LogP contribution < -0.4 is 5.32 Å². The van der Waals surface area contributed by atoms with Crippen molar-refractivity contribution in [3.8, 4) is 11.3 Å². The summed E-state index contributed by atoms with van der Waals surface area (Å²) in [6.45, 7) is 7.70. The van der Waals surface area contributed by atoms with Crippen LogP contribution in [0.15, 0.2) is 34.9 Å². The smallest absolute Gasteiger partial charge is 0.151 e. The highest BCUT2D eigenvalue weighted by Gasteiger charge is 2.32. The van der Waals surface area contributed by atoms with Crippen LogP contribution in [-0.4, -0.2) is 36.2 Å². The van der Waals surface area contributed by atoms with Crippen LogP contribution in [-0.2, 0) is 6.54 Å². The van der Waals surface area contributed by atoms with Gasteiger partial charge in [-0.3, -0.25) is 4.90 Å². The third-order valence-electron chi connectivity index (χ3n) is 5.07. The molecule has 1 N–H and O–H groups in total. The Hall–Kier alpha value is -1.65. The monoisotopic (exact) mass is 297 g/mol. The fraction of sp³-hybridized carbons (Fsp3) is 0.500. The molecule has 2 aliphatic rings. The molecule has 22 heavy (non-hydrogen) atoms. The van der Waals surface area contributed by atoms with Crippen LogP contribution in [0.2, 0.25) is 0 Å². The SMILES string of the molecule is Cc1ccc(-c2cc(CN3CCC4CNCC4C3)on2)cc1. The van der Waals surface area contributed by atoms with Crippen molar-refractivity contribution in [3.63, 3.8) is 0 Å². The highest BCUT2D eigenvalue weighted by molar-refractivity contribution is 5.59. The summed E-state index contributed by atoms with van der Waals surface area (Å²) < 4.78 is 5.56. The van der Waals surface area contributed by atoms with E-state index in [1.54, 1.807) is 0 Å². The van der Waals surface area contributed by atoms with Gasteiger partial charge in [0.05, 0.1) is 6.54 Å². The third-order valence-corrected chi connectivity index (χ3v) is 5.07. The Labute approximate surface area is 131 Å². The largest absolute Gasteiger partial charge is 0.359 e. The van der Waals surface area contributed by atoms with E-state index in [1.165, 1.54) is 38.2 Å². The zero-order valence-corrected chi connectivity index (χ0v) is 13.1. The van der Waals surface area contributed by atoms with Gasteiger partial charge >= 0.3 is 0 Å². The van der Waals surface area contributed by atoms with Crippen molar-refractivity contribution < 1.29 is 4.52 Å². The van der Waals surface area contributed by atoms with Crippen molar-refractivity contribution in [1.29, 1.82) is 0 Å². The molecule has 2 saturated heterocycles. The van der Waals surface area contributed by atoms with Gasteiger partial charge in [0.1, 0.15) is 5.69 Å². The van der Waals surface area contributed by atoms with Gasteiger partial charge in [-0.2, -0.15) is 0 Å². The molecular weight excluding hydrogens is 274 g/mol. The molecule has 4 heteroatoms. The molecule has 1 aromatic carbocycles. The highest BCUT2D eigenvalue weighted by atomic mass is 16.5. The lowest BCUT2D eigenvalue weighted by molar-refractivity contribution is 0.130. The molecule has 2 unspecified atom stereocenters. The normalized spacial score (nSPS) is 25.3. The first-order chi connectivity index (χ1) is 10.8. The summed E-state index contributed by atoms with van der Waals surface area (Å²) in [5.41, 5.74) is 3.33. The lowest BCUT2D eigenvalue weighted by Gasteiger charge is -2.33. The molecule has 4 rings (SSSR count). The summed E-state index contributed by atoms with van der Waals surface area (Å²) in [4.78, 5) is 2.51. The predicted octanol–water partition coefficient (Wildman–Crippen LogP) is 2.69. The number of hydrogen-bond donors (Lipinski definition) is 1. The Kier molecular flexibility index (Phi) is 3.72. The van der Waals surface area contributed by atoms with Crippen molar-refractivity contribution in [2.24, 2.45) is 11.8 Å².